The maximum absolute atomic E-state index is 5.73. The van der Waals surface area contributed by atoms with E-state index in [2.05, 4.69) is 21.8 Å². The van der Waals surface area contributed by atoms with E-state index in [1.165, 1.54) is 22.7 Å². The Kier molecular flexibility index (Phi) is 5.20. The van der Waals surface area contributed by atoms with Crippen LogP contribution in [0.15, 0.2) is 24.3 Å². The van der Waals surface area contributed by atoms with Crippen molar-refractivity contribution in [3.8, 4) is 5.75 Å². The first-order valence-electron chi connectivity index (χ1n) is 6.43. The maximum atomic E-state index is 5.73. The molecule has 0 saturated carbocycles. The van der Waals surface area contributed by atoms with E-state index < -0.39 is 0 Å². The van der Waals surface area contributed by atoms with Crippen molar-refractivity contribution in [2.45, 2.75) is 20.1 Å². The molecule has 1 aromatic carbocycles. The number of aromatic nitrogens is 1. The fourth-order valence-corrected chi connectivity index (χ4v) is 2.54. The molecular weight excluding hydrogens is 274 g/mol. The van der Waals surface area contributed by atoms with Crippen molar-refractivity contribution in [3.63, 3.8) is 0 Å². The molecular formula is C14H19N3O2S. The number of hydrogen-bond donors (Lipinski definition) is 2. The number of nitrogens with one attached hydrogen (secondary N) is 1. The Morgan fingerprint density at radius 1 is 1.30 bits per heavy atom. The van der Waals surface area contributed by atoms with Crippen molar-refractivity contribution in [1.29, 1.82) is 0 Å². The summed E-state index contributed by atoms with van der Waals surface area (Å²) >= 11 is 1.30. The van der Waals surface area contributed by atoms with Gasteiger partial charge in [0.25, 0.3) is 0 Å². The first kappa shape index (κ1) is 14.6. The third-order valence-corrected chi connectivity index (χ3v) is 3.70. The molecule has 0 fully saturated rings. The van der Waals surface area contributed by atoms with Gasteiger partial charge in [-0.1, -0.05) is 24.3 Å². The Labute approximate surface area is 122 Å². The van der Waals surface area contributed by atoms with Crippen molar-refractivity contribution in [3.05, 3.63) is 35.4 Å². The third kappa shape index (κ3) is 3.40. The lowest BCUT2D eigenvalue weighted by molar-refractivity contribution is 0.133. The minimum absolute atomic E-state index is 0.419. The number of nitrogens with zero attached hydrogens (tertiary/aromatic N) is 1. The van der Waals surface area contributed by atoms with Gasteiger partial charge in [-0.25, -0.2) is 0 Å². The number of nitrogens with two attached hydrogens (primary N) is 1. The minimum atomic E-state index is 0.419. The second-order valence-corrected chi connectivity index (χ2v) is 4.96. The maximum Gasteiger partial charge on any atom is 0.197 e. The van der Waals surface area contributed by atoms with Crippen LogP contribution in [0.5, 0.6) is 5.75 Å². The second kappa shape index (κ2) is 7.12. The number of rotatable bonds is 7. The molecule has 3 N–H and O–H groups in total. The summed E-state index contributed by atoms with van der Waals surface area (Å²) in [6.45, 7) is 4.00. The standard InChI is InChI=1S/C14H19N3O2S/c1-3-19-9-11-7-5-4-6-10(11)8-16-14-12(18-2)13(15)17-20-14/h4-7,16H,3,8-9H2,1-2H3,(H2,15,17). The number of anilines is 2. The highest BCUT2D eigenvalue weighted by Crippen LogP contribution is 2.35. The SMILES string of the molecule is CCOCc1ccccc1CNc1snc(N)c1OC. The van der Waals surface area contributed by atoms with Crippen LogP contribution in [0.3, 0.4) is 0 Å². The van der Waals surface area contributed by atoms with Gasteiger partial charge in [-0.2, -0.15) is 4.37 Å². The quantitative estimate of drug-likeness (QED) is 0.821. The highest BCUT2D eigenvalue weighted by molar-refractivity contribution is 7.11. The van der Waals surface area contributed by atoms with E-state index in [1.807, 2.05) is 19.1 Å². The van der Waals surface area contributed by atoms with E-state index in [1.54, 1.807) is 7.11 Å². The van der Waals surface area contributed by atoms with Crippen LogP contribution in [-0.4, -0.2) is 18.1 Å². The minimum Gasteiger partial charge on any atom is -0.490 e. The van der Waals surface area contributed by atoms with Gasteiger partial charge in [-0.3, -0.25) is 0 Å². The van der Waals surface area contributed by atoms with Crippen LogP contribution < -0.4 is 15.8 Å². The number of benzene rings is 1. The normalized spacial score (nSPS) is 10.5. The van der Waals surface area contributed by atoms with Gasteiger partial charge in [0.05, 0.1) is 13.7 Å². The average molecular weight is 293 g/mol. The Morgan fingerprint density at radius 2 is 2.05 bits per heavy atom. The molecule has 20 heavy (non-hydrogen) atoms. The van der Waals surface area contributed by atoms with Crippen molar-refractivity contribution in [1.82, 2.24) is 4.37 Å². The molecule has 0 spiro atoms. The summed E-state index contributed by atoms with van der Waals surface area (Å²) in [6, 6.07) is 8.19. The zero-order chi connectivity index (χ0) is 14.4. The van der Waals surface area contributed by atoms with E-state index in [4.69, 9.17) is 15.2 Å². The lowest BCUT2D eigenvalue weighted by Crippen LogP contribution is -2.04. The molecule has 2 rings (SSSR count). The zero-order valence-corrected chi connectivity index (χ0v) is 12.5. The molecule has 2 aromatic rings. The molecule has 0 aliphatic carbocycles. The molecule has 0 atom stereocenters. The molecule has 108 valence electrons. The molecule has 1 aromatic heterocycles. The highest BCUT2D eigenvalue weighted by atomic mass is 32.1. The molecule has 5 nitrogen and oxygen atoms in total. The lowest BCUT2D eigenvalue weighted by Gasteiger charge is -2.11. The van der Waals surface area contributed by atoms with Crippen LogP contribution in [0.4, 0.5) is 10.8 Å². The summed E-state index contributed by atoms with van der Waals surface area (Å²) < 4.78 is 14.8. The van der Waals surface area contributed by atoms with Crippen LogP contribution in [-0.2, 0) is 17.9 Å². The van der Waals surface area contributed by atoms with Crippen LogP contribution in [0.2, 0.25) is 0 Å². The van der Waals surface area contributed by atoms with E-state index >= 15 is 0 Å². The smallest absolute Gasteiger partial charge is 0.197 e. The van der Waals surface area contributed by atoms with Crippen molar-refractivity contribution in [2.75, 3.05) is 24.8 Å². The van der Waals surface area contributed by atoms with E-state index in [0.717, 1.165) is 5.00 Å². The lowest BCUT2D eigenvalue weighted by atomic mass is 10.1. The predicted octanol–water partition coefficient (Wildman–Crippen LogP) is 2.88. The van der Waals surface area contributed by atoms with Gasteiger partial charge in [0, 0.05) is 13.2 Å². The van der Waals surface area contributed by atoms with Gasteiger partial charge >= 0.3 is 0 Å². The molecule has 0 amide bonds. The molecule has 0 aliphatic heterocycles. The summed E-state index contributed by atoms with van der Waals surface area (Å²) in [6.07, 6.45) is 0. The molecule has 0 bridgehead atoms. The summed E-state index contributed by atoms with van der Waals surface area (Å²) in [5.74, 6) is 1.03. The Morgan fingerprint density at radius 3 is 2.75 bits per heavy atom. The molecule has 0 radical (unpaired) electrons. The predicted molar refractivity (Wildman–Crippen MR) is 82.2 cm³/mol. The van der Waals surface area contributed by atoms with Crippen molar-refractivity contribution < 1.29 is 9.47 Å². The second-order valence-electron chi connectivity index (χ2n) is 4.19. The topological polar surface area (TPSA) is 69.4 Å². The first-order valence-corrected chi connectivity index (χ1v) is 7.21. The molecule has 0 aliphatic rings. The number of ether oxygens (including phenoxy) is 2. The van der Waals surface area contributed by atoms with Crippen LogP contribution in [0.25, 0.3) is 0 Å². The first-order chi connectivity index (χ1) is 9.76. The van der Waals surface area contributed by atoms with E-state index in [9.17, 15) is 0 Å². The Hall–Kier alpha value is -1.79. The fourth-order valence-electron chi connectivity index (χ4n) is 1.86. The number of hydrogen-bond acceptors (Lipinski definition) is 6. The largest absolute Gasteiger partial charge is 0.490 e. The van der Waals surface area contributed by atoms with E-state index in [0.29, 0.717) is 31.3 Å². The van der Waals surface area contributed by atoms with Gasteiger partial charge in [0.2, 0.25) is 0 Å². The van der Waals surface area contributed by atoms with Gasteiger partial charge < -0.3 is 20.5 Å². The molecule has 0 saturated heterocycles. The summed E-state index contributed by atoms with van der Waals surface area (Å²) in [4.78, 5) is 0. The zero-order valence-electron chi connectivity index (χ0n) is 11.7. The summed E-state index contributed by atoms with van der Waals surface area (Å²) in [5.41, 5.74) is 8.10. The third-order valence-electron chi connectivity index (χ3n) is 2.90. The van der Waals surface area contributed by atoms with Crippen LogP contribution in [0.1, 0.15) is 18.1 Å². The monoisotopic (exact) mass is 293 g/mol. The molecule has 0 unspecified atom stereocenters. The van der Waals surface area contributed by atoms with Crippen molar-refractivity contribution in [2.24, 2.45) is 0 Å². The summed E-state index contributed by atoms with van der Waals surface area (Å²) in [5, 5.41) is 4.16. The van der Waals surface area contributed by atoms with Gasteiger partial charge in [-0.15, -0.1) is 0 Å². The Balaban J connectivity index is 2.06. The van der Waals surface area contributed by atoms with E-state index in [-0.39, 0.29) is 0 Å². The fraction of sp³-hybridized carbons (Fsp3) is 0.357. The highest BCUT2D eigenvalue weighted by Gasteiger charge is 2.12. The van der Waals surface area contributed by atoms with Crippen molar-refractivity contribution >= 4 is 22.4 Å². The molecule has 6 heteroatoms. The van der Waals surface area contributed by atoms with Crippen LogP contribution >= 0.6 is 11.5 Å². The summed E-state index contributed by atoms with van der Waals surface area (Å²) in [7, 11) is 1.59. The van der Waals surface area contributed by atoms with Crippen LogP contribution in [0, 0.1) is 0 Å². The van der Waals surface area contributed by atoms with Gasteiger partial charge in [0.15, 0.2) is 16.6 Å². The number of methoxy groups -OCH3 is 1. The van der Waals surface area contributed by atoms with Gasteiger partial charge in [-0.05, 0) is 29.6 Å². The Bertz CT molecular complexity index is 557. The number of nitrogen functional groups attached to an aromatic ring is 1. The molecule has 1 heterocycles. The average Bonchev–Trinajstić information content (AvgIpc) is 2.83. The van der Waals surface area contributed by atoms with Gasteiger partial charge in [0.1, 0.15) is 0 Å².